The molecule has 0 atom stereocenters. The normalized spacial score (nSPS) is 18.2. The molecule has 1 N–H and O–H groups in total. The molecule has 1 fully saturated rings. The summed E-state index contributed by atoms with van der Waals surface area (Å²) in [7, 11) is 2.25. The third-order valence-corrected chi connectivity index (χ3v) is 4.24. The Labute approximate surface area is 103 Å². The van der Waals surface area contributed by atoms with E-state index in [1.54, 1.807) is 0 Å². The van der Waals surface area contributed by atoms with Crippen molar-refractivity contribution in [3.63, 3.8) is 0 Å². The molecule has 0 saturated carbocycles. The second-order valence-electron chi connectivity index (χ2n) is 4.90. The molecular weight excluding hydrogens is 216 g/mol. The first-order valence-corrected chi connectivity index (χ1v) is 7.00. The highest BCUT2D eigenvalue weighted by Gasteiger charge is 2.15. The average Bonchev–Trinajstić information content (AvgIpc) is 2.65. The number of nitrogens with one attached hydrogen (secondary N) is 1. The van der Waals surface area contributed by atoms with Gasteiger partial charge in [-0.2, -0.15) is 0 Å². The highest BCUT2D eigenvalue weighted by Crippen LogP contribution is 2.18. The van der Waals surface area contributed by atoms with Crippen molar-refractivity contribution in [1.82, 2.24) is 10.2 Å². The van der Waals surface area contributed by atoms with Crippen LogP contribution in [0.2, 0.25) is 0 Å². The fourth-order valence-electron chi connectivity index (χ4n) is 2.41. The van der Waals surface area contributed by atoms with Gasteiger partial charge in [0.25, 0.3) is 0 Å². The molecule has 1 aromatic heterocycles. The minimum absolute atomic E-state index is 0.896. The van der Waals surface area contributed by atoms with Gasteiger partial charge in [0.1, 0.15) is 0 Å². The smallest absolute Gasteiger partial charge is 0.0325 e. The Bertz CT molecular complexity index is 315. The molecule has 2 nitrogen and oxygen atoms in total. The zero-order valence-electron chi connectivity index (χ0n) is 10.3. The average molecular weight is 238 g/mol. The molecule has 1 aromatic rings. The molecule has 0 amide bonds. The van der Waals surface area contributed by atoms with Crippen LogP contribution in [0.4, 0.5) is 0 Å². The molecule has 3 heteroatoms. The van der Waals surface area contributed by atoms with E-state index in [1.807, 2.05) is 11.3 Å². The summed E-state index contributed by atoms with van der Waals surface area (Å²) in [4.78, 5) is 5.39. The first-order valence-electron chi connectivity index (χ1n) is 6.18. The van der Waals surface area contributed by atoms with Gasteiger partial charge in [0.2, 0.25) is 0 Å². The van der Waals surface area contributed by atoms with Crippen LogP contribution < -0.4 is 5.32 Å². The van der Waals surface area contributed by atoms with E-state index in [1.165, 1.54) is 42.2 Å². The van der Waals surface area contributed by atoms with Gasteiger partial charge in [-0.3, -0.25) is 0 Å². The van der Waals surface area contributed by atoms with Gasteiger partial charge in [-0.25, -0.2) is 0 Å². The van der Waals surface area contributed by atoms with Gasteiger partial charge in [-0.05, 0) is 58.0 Å². The van der Waals surface area contributed by atoms with Crippen molar-refractivity contribution in [2.24, 2.45) is 5.92 Å². The highest BCUT2D eigenvalue weighted by atomic mass is 32.1. The molecule has 0 aliphatic carbocycles. The first-order chi connectivity index (χ1) is 7.74. The lowest BCUT2D eigenvalue weighted by Crippen LogP contribution is -2.34. The number of rotatable bonds is 4. The van der Waals surface area contributed by atoms with E-state index in [-0.39, 0.29) is 0 Å². The molecular formula is C13H22N2S. The van der Waals surface area contributed by atoms with Crippen molar-refractivity contribution in [1.29, 1.82) is 0 Å². The number of hydrogen-bond donors (Lipinski definition) is 1. The van der Waals surface area contributed by atoms with Crippen molar-refractivity contribution in [3.05, 3.63) is 21.9 Å². The fourth-order valence-corrected chi connectivity index (χ4v) is 3.38. The molecule has 1 aliphatic heterocycles. The third-order valence-electron chi connectivity index (χ3n) is 3.25. The SMILES string of the molecule is Cc1ccc(CN(C)CC2CCNCC2)s1. The van der Waals surface area contributed by atoms with Crippen molar-refractivity contribution in [2.75, 3.05) is 26.7 Å². The quantitative estimate of drug-likeness (QED) is 0.867. The molecule has 90 valence electrons. The van der Waals surface area contributed by atoms with Gasteiger partial charge in [0.05, 0.1) is 0 Å². The van der Waals surface area contributed by atoms with Gasteiger partial charge < -0.3 is 10.2 Å². The summed E-state index contributed by atoms with van der Waals surface area (Å²) in [5.74, 6) is 0.896. The van der Waals surface area contributed by atoms with Crippen LogP contribution in [0.5, 0.6) is 0 Å². The van der Waals surface area contributed by atoms with E-state index >= 15 is 0 Å². The Morgan fingerprint density at radius 3 is 2.75 bits per heavy atom. The topological polar surface area (TPSA) is 15.3 Å². The lowest BCUT2D eigenvalue weighted by molar-refractivity contribution is 0.236. The molecule has 0 spiro atoms. The predicted molar refractivity (Wildman–Crippen MR) is 71.0 cm³/mol. The molecule has 2 heterocycles. The fraction of sp³-hybridized carbons (Fsp3) is 0.692. The van der Waals surface area contributed by atoms with Crippen LogP contribution in [0, 0.1) is 12.8 Å². The second-order valence-corrected chi connectivity index (χ2v) is 6.27. The number of nitrogens with zero attached hydrogens (tertiary/aromatic N) is 1. The Morgan fingerprint density at radius 1 is 1.38 bits per heavy atom. The van der Waals surface area contributed by atoms with E-state index in [0.717, 1.165) is 12.5 Å². The summed E-state index contributed by atoms with van der Waals surface area (Å²) in [5, 5.41) is 3.42. The Balaban J connectivity index is 1.77. The minimum Gasteiger partial charge on any atom is -0.317 e. The van der Waals surface area contributed by atoms with Crippen LogP contribution in [0.3, 0.4) is 0 Å². The number of piperidine rings is 1. The van der Waals surface area contributed by atoms with Crippen LogP contribution in [0.25, 0.3) is 0 Å². The zero-order chi connectivity index (χ0) is 11.4. The maximum atomic E-state index is 3.42. The number of thiophene rings is 1. The first kappa shape index (κ1) is 12.1. The summed E-state index contributed by atoms with van der Waals surface area (Å²) in [6, 6.07) is 4.48. The number of hydrogen-bond acceptors (Lipinski definition) is 3. The molecule has 0 unspecified atom stereocenters. The molecule has 1 saturated heterocycles. The standard InChI is InChI=1S/C13H22N2S/c1-11-3-4-13(16-11)10-15(2)9-12-5-7-14-8-6-12/h3-4,12,14H,5-10H2,1-2H3. The van der Waals surface area contributed by atoms with Crippen molar-refractivity contribution in [3.8, 4) is 0 Å². The Hall–Kier alpha value is -0.380. The Kier molecular flexibility index (Phi) is 4.38. The molecule has 0 aromatic carbocycles. The molecule has 2 rings (SSSR count). The van der Waals surface area contributed by atoms with Crippen molar-refractivity contribution < 1.29 is 0 Å². The summed E-state index contributed by atoms with van der Waals surface area (Å²) < 4.78 is 0. The van der Waals surface area contributed by atoms with Gasteiger partial charge in [0.15, 0.2) is 0 Å². The lowest BCUT2D eigenvalue weighted by Gasteiger charge is -2.27. The van der Waals surface area contributed by atoms with Crippen LogP contribution in [-0.4, -0.2) is 31.6 Å². The van der Waals surface area contributed by atoms with Gasteiger partial charge in [-0.1, -0.05) is 0 Å². The lowest BCUT2D eigenvalue weighted by atomic mass is 9.98. The van der Waals surface area contributed by atoms with Gasteiger partial charge >= 0.3 is 0 Å². The van der Waals surface area contributed by atoms with Crippen LogP contribution in [0.15, 0.2) is 12.1 Å². The summed E-state index contributed by atoms with van der Waals surface area (Å²) >= 11 is 1.92. The second kappa shape index (κ2) is 5.80. The predicted octanol–water partition coefficient (Wildman–Crippen LogP) is 2.49. The van der Waals surface area contributed by atoms with E-state index in [9.17, 15) is 0 Å². The van der Waals surface area contributed by atoms with Crippen LogP contribution in [-0.2, 0) is 6.54 Å². The van der Waals surface area contributed by atoms with Gasteiger partial charge in [0, 0.05) is 22.8 Å². The monoisotopic (exact) mass is 238 g/mol. The highest BCUT2D eigenvalue weighted by molar-refractivity contribution is 7.11. The van der Waals surface area contributed by atoms with Crippen LogP contribution in [0.1, 0.15) is 22.6 Å². The molecule has 1 aliphatic rings. The summed E-state index contributed by atoms with van der Waals surface area (Å²) in [5.41, 5.74) is 0. The third kappa shape index (κ3) is 3.58. The maximum absolute atomic E-state index is 3.42. The minimum atomic E-state index is 0.896. The molecule has 0 radical (unpaired) electrons. The molecule has 16 heavy (non-hydrogen) atoms. The van der Waals surface area contributed by atoms with E-state index in [4.69, 9.17) is 0 Å². The van der Waals surface area contributed by atoms with E-state index in [2.05, 4.69) is 36.3 Å². The van der Waals surface area contributed by atoms with E-state index in [0.29, 0.717) is 0 Å². The van der Waals surface area contributed by atoms with Crippen LogP contribution >= 0.6 is 11.3 Å². The summed E-state index contributed by atoms with van der Waals surface area (Å²) in [6.45, 7) is 6.95. The maximum Gasteiger partial charge on any atom is 0.0325 e. The summed E-state index contributed by atoms with van der Waals surface area (Å²) in [6.07, 6.45) is 2.68. The number of aryl methyl sites for hydroxylation is 1. The zero-order valence-corrected chi connectivity index (χ0v) is 11.1. The Morgan fingerprint density at radius 2 is 2.12 bits per heavy atom. The molecule has 0 bridgehead atoms. The van der Waals surface area contributed by atoms with Crippen molar-refractivity contribution >= 4 is 11.3 Å². The largest absolute Gasteiger partial charge is 0.317 e. The van der Waals surface area contributed by atoms with E-state index < -0.39 is 0 Å². The van der Waals surface area contributed by atoms with Gasteiger partial charge in [-0.15, -0.1) is 11.3 Å². The van der Waals surface area contributed by atoms with Crippen molar-refractivity contribution in [2.45, 2.75) is 26.3 Å².